The molecule has 0 fully saturated rings. The van der Waals surface area contributed by atoms with Gasteiger partial charge in [0.05, 0.1) is 10.6 Å². The van der Waals surface area contributed by atoms with Gasteiger partial charge in [-0.1, -0.05) is 75.1 Å². The molecule has 1 aromatic carbocycles. The molecule has 1 rings (SSSR count). The monoisotopic (exact) mass is 334 g/mol. The predicted octanol–water partition coefficient (Wildman–Crippen LogP) is 6.48. The largest absolute Gasteiger partial charge is 0.385 e. The zero-order valence-corrected chi connectivity index (χ0v) is 14.4. The molecule has 0 spiro atoms. The average molecular weight is 335 g/mol. The first-order valence-corrected chi connectivity index (χ1v) is 8.51. The summed E-state index contributed by atoms with van der Waals surface area (Å²) in [7, 11) is 0. The van der Waals surface area contributed by atoms with Gasteiger partial charge in [0, 0.05) is 10.6 Å². The summed E-state index contributed by atoms with van der Waals surface area (Å²) >= 11 is 11.8. The smallest absolute Gasteiger partial charge is 0.142 e. The quantitative estimate of drug-likeness (QED) is 0.404. The molecule has 0 bridgehead atoms. The van der Waals surface area contributed by atoms with E-state index in [0.29, 0.717) is 17.0 Å². The fraction of sp³-hybridized carbons (Fsp3) is 0.647. The molecule has 0 heterocycles. The summed E-state index contributed by atoms with van der Waals surface area (Å²) in [6.07, 6.45) is 8.79. The number of rotatable bonds is 9. The van der Waals surface area contributed by atoms with Crippen LogP contribution in [0, 0.1) is 5.82 Å². The van der Waals surface area contributed by atoms with E-state index in [1.54, 1.807) is 6.92 Å². The highest BCUT2D eigenvalue weighted by atomic mass is 35.5. The van der Waals surface area contributed by atoms with Gasteiger partial charge in [0.15, 0.2) is 0 Å². The fourth-order valence-electron chi connectivity index (χ4n) is 2.50. The standard InChI is InChI=1S/C17H25Cl2FO/c1-3-4-5-6-7-8-9-10-17(2,21)13-11-16(20)15(19)12-14(13)18/h11-12,21H,3-10H2,1-2H3. The number of unbranched alkanes of at least 4 members (excludes halogenated alkanes) is 6. The second kappa shape index (κ2) is 8.97. The van der Waals surface area contributed by atoms with Crippen LogP contribution in [0.5, 0.6) is 0 Å². The normalized spacial score (nSPS) is 14.2. The highest BCUT2D eigenvalue weighted by Crippen LogP contribution is 2.35. The highest BCUT2D eigenvalue weighted by molar-refractivity contribution is 6.35. The van der Waals surface area contributed by atoms with Crippen molar-refractivity contribution < 1.29 is 9.50 Å². The Morgan fingerprint density at radius 3 is 2.19 bits per heavy atom. The van der Waals surface area contributed by atoms with Gasteiger partial charge < -0.3 is 5.11 Å². The van der Waals surface area contributed by atoms with Crippen LogP contribution in [0.2, 0.25) is 10.0 Å². The van der Waals surface area contributed by atoms with E-state index in [9.17, 15) is 9.50 Å². The molecule has 4 heteroatoms. The lowest BCUT2D eigenvalue weighted by Gasteiger charge is -2.25. The number of benzene rings is 1. The molecule has 21 heavy (non-hydrogen) atoms. The zero-order chi connectivity index (χ0) is 15.9. The minimum Gasteiger partial charge on any atom is -0.385 e. The van der Waals surface area contributed by atoms with E-state index in [-0.39, 0.29) is 5.02 Å². The van der Waals surface area contributed by atoms with Gasteiger partial charge in [0.2, 0.25) is 0 Å². The molecule has 1 aromatic rings. The van der Waals surface area contributed by atoms with Crippen molar-refractivity contribution in [3.63, 3.8) is 0 Å². The van der Waals surface area contributed by atoms with Crippen LogP contribution in [0.15, 0.2) is 12.1 Å². The SMILES string of the molecule is CCCCCCCCCC(C)(O)c1cc(F)c(Cl)cc1Cl. The van der Waals surface area contributed by atoms with E-state index in [1.807, 2.05) is 0 Å². The number of aliphatic hydroxyl groups is 1. The Kier molecular flexibility index (Phi) is 8.00. The Bertz CT molecular complexity index is 447. The first kappa shape index (κ1) is 18.7. The van der Waals surface area contributed by atoms with Gasteiger partial charge in [-0.05, 0) is 25.5 Å². The van der Waals surface area contributed by atoms with Crippen molar-refractivity contribution in [2.24, 2.45) is 0 Å². The van der Waals surface area contributed by atoms with Crippen LogP contribution in [-0.2, 0) is 5.60 Å². The molecule has 120 valence electrons. The van der Waals surface area contributed by atoms with Crippen LogP contribution >= 0.6 is 23.2 Å². The molecule has 1 N–H and O–H groups in total. The van der Waals surface area contributed by atoms with Crippen molar-refractivity contribution in [3.05, 3.63) is 33.6 Å². The van der Waals surface area contributed by atoms with Crippen molar-refractivity contribution in [2.45, 2.75) is 70.8 Å². The second-order valence-electron chi connectivity index (χ2n) is 5.89. The van der Waals surface area contributed by atoms with Crippen LogP contribution in [0.1, 0.15) is 70.8 Å². The molecule has 0 amide bonds. The number of hydrogen-bond donors (Lipinski definition) is 1. The third-order valence-corrected chi connectivity index (χ3v) is 4.46. The van der Waals surface area contributed by atoms with Gasteiger partial charge >= 0.3 is 0 Å². The maximum atomic E-state index is 13.5. The first-order chi connectivity index (χ1) is 9.88. The molecule has 0 aliphatic carbocycles. The molecular formula is C17H25Cl2FO. The van der Waals surface area contributed by atoms with E-state index in [1.165, 1.54) is 44.2 Å². The van der Waals surface area contributed by atoms with Crippen molar-refractivity contribution >= 4 is 23.2 Å². The molecule has 0 saturated carbocycles. The Morgan fingerprint density at radius 1 is 1.00 bits per heavy atom. The molecule has 0 aromatic heterocycles. The van der Waals surface area contributed by atoms with Gasteiger partial charge in [-0.15, -0.1) is 0 Å². The van der Waals surface area contributed by atoms with Crippen molar-refractivity contribution in [1.29, 1.82) is 0 Å². The van der Waals surface area contributed by atoms with Crippen molar-refractivity contribution in [3.8, 4) is 0 Å². The summed E-state index contributed by atoms with van der Waals surface area (Å²) in [4.78, 5) is 0. The Balaban J connectivity index is 2.48. The molecule has 0 aliphatic rings. The van der Waals surface area contributed by atoms with E-state index in [2.05, 4.69) is 6.92 Å². The first-order valence-electron chi connectivity index (χ1n) is 7.76. The molecule has 0 radical (unpaired) electrons. The van der Waals surface area contributed by atoms with Gasteiger partial charge in [-0.2, -0.15) is 0 Å². The van der Waals surface area contributed by atoms with Crippen LogP contribution in [0.3, 0.4) is 0 Å². The molecule has 1 unspecified atom stereocenters. The summed E-state index contributed by atoms with van der Waals surface area (Å²) in [6.45, 7) is 3.88. The average Bonchev–Trinajstić information content (AvgIpc) is 2.41. The summed E-state index contributed by atoms with van der Waals surface area (Å²) in [5.74, 6) is -0.545. The third kappa shape index (κ3) is 6.14. The lowest BCUT2D eigenvalue weighted by atomic mass is 9.90. The van der Waals surface area contributed by atoms with Gasteiger partial charge in [0.25, 0.3) is 0 Å². The summed E-state index contributed by atoms with van der Waals surface area (Å²) in [5.41, 5.74) is -0.705. The third-order valence-electron chi connectivity index (χ3n) is 3.86. The van der Waals surface area contributed by atoms with E-state index in [4.69, 9.17) is 23.2 Å². The summed E-state index contributed by atoms with van der Waals surface area (Å²) < 4.78 is 13.5. The molecular weight excluding hydrogens is 310 g/mol. The van der Waals surface area contributed by atoms with Crippen molar-refractivity contribution in [1.82, 2.24) is 0 Å². The number of halogens is 3. The predicted molar refractivity (Wildman–Crippen MR) is 88.6 cm³/mol. The highest BCUT2D eigenvalue weighted by Gasteiger charge is 2.26. The molecule has 0 aliphatic heterocycles. The Labute approximate surface area is 137 Å². The minimum absolute atomic E-state index is 0.0181. The second-order valence-corrected chi connectivity index (χ2v) is 6.71. The van der Waals surface area contributed by atoms with E-state index < -0.39 is 11.4 Å². The Hall–Kier alpha value is -0.310. The minimum atomic E-state index is -1.12. The van der Waals surface area contributed by atoms with Gasteiger partial charge in [-0.25, -0.2) is 4.39 Å². The van der Waals surface area contributed by atoms with E-state index >= 15 is 0 Å². The lowest BCUT2D eigenvalue weighted by molar-refractivity contribution is 0.0446. The topological polar surface area (TPSA) is 20.2 Å². The number of hydrogen-bond acceptors (Lipinski definition) is 1. The Morgan fingerprint density at radius 2 is 1.57 bits per heavy atom. The van der Waals surface area contributed by atoms with Crippen molar-refractivity contribution in [2.75, 3.05) is 0 Å². The lowest BCUT2D eigenvalue weighted by Crippen LogP contribution is -2.21. The van der Waals surface area contributed by atoms with Crippen LogP contribution in [-0.4, -0.2) is 5.11 Å². The summed E-state index contributed by atoms with van der Waals surface area (Å²) in [6, 6.07) is 2.60. The maximum absolute atomic E-state index is 13.5. The molecule has 1 nitrogen and oxygen atoms in total. The summed E-state index contributed by atoms with van der Waals surface area (Å²) in [5, 5.41) is 10.8. The van der Waals surface area contributed by atoms with Crippen LogP contribution in [0.25, 0.3) is 0 Å². The van der Waals surface area contributed by atoms with Crippen LogP contribution in [0.4, 0.5) is 4.39 Å². The zero-order valence-electron chi connectivity index (χ0n) is 12.9. The van der Waals surface area contributed by atoms with Gasteiger partial charge in [0.1, 0.15) is 5.82 Å². The maximum Gasteiger partial charge on any atom is 0.142 e. The fourth-order valence-corrected chi connectivity index (χ4v) is 3.08. The van der Waals surface area contributed by atoms with Crippen LogP contribution < -0.4 is 0 Å². The van der Waals surface area contributed by atoms with Gasteiger partial charge in [-0.3, -0.25) is 0 Å². The molecule has 1 atom stereocenters. The molecule has 0 saturated heterocycles. The van der Waals surface area contributed by atoms with E-state index in [0.717, 1.165) is 12.8 Å².